The lowest BCUT2D eigenvalue weighted by molar-refractivity contribution is -0.163. The summed E-state index contributed by atoms with van der Waals surface area (Å²) in [7, 11) is 0. The van der Waals surface area contributed by atoms with Gasteiger partial charge in [-0.15, -0.1) is 0 Å². The van der Waals surface area contributed by atoms with Crippen molar-refractivity contribution in [1.82, 2.24) is 0 Å². The van der Waals surface area contributed by atoms with Crippen molar-refractivity contribution >= 4 is 5.78 Å². The maximum absolute atomic E-state index is 12.8. The maximum Gasteiger partial charge on any atom is 0.137 e. The summed E-state index contributed by atoms with van der Waals surface area (Å²) in [5, 5.41) is 11.1. The first-order valence-corrected chi connectivity index (χ1v) is 9.12. The minimum Gasteiger partial charge on any atom is -0.392 e. The molecular formula is C19H33NO2. The van der Waals surface area contributed by atoms with E-state index < -0.39 is 6.10 Å². The SMILES string of the molecule is C[C@@H]1CC[C@@]23CCC(=O)[C@H]2[C@]1(C)CC[C@@](C)(CN)[C@@H](O)[C@@H]3C. The second-order valence-corrected chi connectivity index (χ2v) is 9.17. The van der Waals surface area contributed by atoms with Crippen molar-refractivity contribution in [2.24, 2.45) is 39.7 Å². The molecule has 3 heteroatoms. The van der Waals surface area contributed by atoms with E-state index in [0.29, 0.717) is 24.7 Å². The normalized spacial score (nSPS) is 55.5. The van der Waals surface area contributed by atoms with Gasteiger partial charge in [0.2, 0.25) is 0 Å². The van der Waals surface area contributed by atoms with E-state index >= 15 is 0 Å². The summed E-state index contributed by atoms with van der Waals surface area (Å²) < 4.78 is 0. The average molecular weight is 307 g/mol. The number of carbonyl (C=O) groups is 1. The van der Waals surface area contributed by atoms with Gasteiger partial charge in [0.25, 0.3) is 0 Å². The van der Waals surface area contributed by atoms with Gasteiger partial charge in [0, 0.05) is 24.3 Å². The molecule has 0 heterocycles. The Kier molecular flexibility index (Phi) is 3.77. The molecular weight excluding hydrogens is 274 g/mol. The quantitative estimate of drug-likeness (QED) is 0.782. The first-order valence-electron chi connectivity index (χ1n) is 9.12. The molecule has 0 saturated heterocycles. The molecule has 0 radical (unpaired) electrons. The summed E-state index contributed by atoms with van der Waals surface area (Å²) in [4.78, 5) is 12.8. The van der Waals surface area contributed by atoms with E-state index in [1.165, 1.54) is 6.42 Å². The van der Waals surface area contributed by atoms with Crippen LogP contribution in [0.1, 0.15) is 66.2 Å². The fourth-order valence-electron chi connectivity index (χ4n) is 6.31. The standard InChI is InChI=1S/C19H33NO2/c1-12-5-7-19-8-6-14(21)15(19)18(12,4)10-9-17(3,11-20)16(22)13(19)2/h12-13,15-16,22H,5-11,20H2,1-4H3/t12-,13+,15+,16+,17+,18-,19+/m1/s1. The molecule has 3 aliphatic carbocycles. The van der Waals surface area contributed by atoms with E-state index in [1.54, 1.807) is 0 Å². The van der Waals surface area contributed by atoms with Crippen molar-refractivity contribution in [2.75, 3.05) is 6.54 Å². The predicted octanol–water partition coefficient (Wildman–Crippen LogP) is 3.14. The first kappa shape index (κ1) is 16.4. The number of hydrogen-bond acceptors (Lipinski definition) is 3. The van der Waals surface area contributed by atoms with E-state index in [4.69, 9.17) is 5.73 Å². The molecule has 0 aromatic heterocycles. The highest BCUT2D eigenvalue weighted by Crippen LogP contribution is 2.67. The van der Waals surface area contributed by atoms with E-state index in [2.05, 4.69) is 27.7 Å². The Morgan fingerprint density at radius 2 is 1.86 bits per heavy atom. The molecule has 2 bridgehead atoms. The molecule has 3 fully saturated rings. The average Bonchev–Trinajstić information content (AvgIpc) is 2.86. The number of aliphatic hydroxyl groups is 1. The summed E-state index contributed by atoms with van der Waals surface area (Å²) in [6.45, 7) is 9.54. The van der Waals surface area contributed by atoms with Gasteiger partial charge in [0.1, 0.15) is 5.78 Å². The molecule has 3 rings (SSSR count). The summed E-state index contributed by atoms with van der Waals surface area (Å²) in [6, 6.07) is 0. The highest BCUT2D eigenvalue weighted by atomic mass is 16.3. The van der Waals surface area contributed by atoms with Crippen molar-refractivity contribution < 1.29 is 9.90 Å². The summed E-state index contributed by atoms with van der Waals surface area (Å²) >= 11 is 0. The largest absolute Gasteiger partial charge is 0.392 e. The van der Waals surface area contributed by atoms with Crippen LogP contribution in [0.15, 0.2) is 0 Å². The molecule has 0 aliphatic heterocycles. The Morgan fingerprint density at radius 3 is 2.50 bits per heavy atom. The molecule has 3 N–H and O–H groups in total. The molecule has 0 spiro atoms. The molecule has 3 aliphatic rings. The lowest BCUT2D eigenvalue weighted by Crippen LogP contribution is -2.59. The van der Waals surface area contributed by atoms with Crippen LogP contribution in [-0.4, -0.2) is 23.5 Å². The van der Waals surface area contributed by atoms with Crippen molar-refractivity contribution in [2.45, 2.75) is 72.3 Å². The molecule has 22 heavy (non-hydrogen) atoms. The Balaban J connectivity index is 2.13. The molecule has 3 saturated carbocycles. The van der Waals surface area contributed by atoms with Crippen LogP contribution in [0.25, 0.3) is 0 Å². The minimum absolute atomic E-state index is 0.00854. The monoisotopic (exact) mass is 307 g/mol. The zero-order chi connectivity index (χ0) is 16.3. The van der Waals surface area contributed by atoms with E-state index in [-0.39, 0.29) is 28.1 Å². The molecule has 3 nitrogen and oxygen atoms in total. The van der Waals surface area contributed by atoms with Crippen LogP contribution in [0.5, 0.6) is 0 Å². The van der Waals surface area contributed by atoms with Gasteiger partial charge < -0.3 is 10.8 Å². The zero-order valence-electron chi connectivity index (χ0n) is 14.7. The molecule has 0 aromatic carbocycles. The van der Waals surface area contributed by atoms with E-state index in [0.717, 1.165) is 25.7 Å². The molecule has 7 atom stereocenters. The van der Waals surface area contributed by atoms with Crippen LogP contribution in [0.4, 0.5) is 0 Å². The fourth-order valence-corrected chi connectivity index (χ4v) is 6.31. The zero-order valence-corrected chi connectivity index (χ0v) is 14.7. The fraction of sp³-hybridized carbons (Fsp3) is 0.947. The number of aliphatic hydroxyl groups excluding tert-OH is 1. The number of carbonyl (C=O) groups excluding carboxylic acids is 1. The maximum atomic E-state index is 12.8. The molecule has 126 valence electrons. The highest BCUT2D eigenvalue weighted by molar-refractivity contribution is 5.85. The van der Waals surface area contributed by atoms with Crippen LogP contribution < -0.4 is 5.73 Å². The lowest BCUT2D eigenvalue weighted by Gasteiger charge is -2.60. The molecule has 0 aromatic rings. The smallest absolute Gasteiger partial charge is 0.137 e. The van der Waals surface area contributed by atoms with Crippen molar-refractivity contribution in [3.63, 3.8) is 0 Å². The second kappa shape index (κ2) is 5.04. The van der Waals surface area contributed by atoms with Crippen molar-refractivity contribution in [3.8, 4) is 0 Å². The van der Waals surface area contributed by atoms with Crippen LogP contribution in [-0.2, 0) is 4.79 Å². The third-order valence-corrected chi connectivity index (χ3v) is 8.36. The van der Waals surface area contributed by atoms with Crippen LogP contribution in [0.3, 0.4) is 0 Å². The van der Waals surface area contributed by atoms with Crippen molar-refractivity contribution in [3.05, 3.63) is 0 Å². The van der Waals surface area contributed by atoms with Gasteiger partial charge in [0.05, 0.1) is 6.10 Å². The number of rotatable bonds is 1. The highest BCUT2D eigenvalue weighted by Gasteiger charge is 2.64. The third kappa shape index (κ3) is 1.91. The van der Waals surface area contributed by atoms with Gasteiger partial charge in [-0.1, -0.05) is 27.7 Å². The van der Waals surface area contributed by atoms with E-state index in [1.807, 2.05) is 0 Å². The van der Waals surface area contributed by atoms with Gasteiger partial charge in [-0.05, 0) is 54.8 Å². The topological polar surface area (TPSA) is 63.3 Å². The lowest BCUT2D eigenvalue weighted by atomic mass is 9.44. The van der Waals surface area contributed by atoms with Crippen LogP contribution in [0, 0.1) is 34.0 Å². The van der Waals surface area contributed by atoms with Gasteiger partial charge >= 0.3 is 0 Å². The number of Topliss-reactive ketones (excluding diaryl/α,β-unsaturated/α-hetero) is 1. The summed E-state index contributed by atoms with van der Waals surface area (Å²) in [5.41, 5.74) is 5.94. The van der Waals surface area contributed by atoms with Crippen LogP contribution >= 0.6 is 0 Å². The number of ketones is 1. The second-order valence-electron chi connectivity index (χ2n) is 9.17. The summed E-state index contributed by atoms with van der Waals surface area (Å²) in [6.07, 6.45) is 5.51. The van der Waals surface area contributed by atoms with Gasteiger partial charge in [0.15, 0.2) is 0 Å². The minimum atomic E-state index is -0.399. The Labute approximate surface area is 135 Å². The third-order valence-electron chi connectivity index (χ3n) is 8.36. The Hall–Kier alpha value is -0.410. The molecule has 0 amide bonds. The van der Waals surface area contributed by atoms with E-state index in [9.17, 15) is 9.90 Å². The number of nitrogens with two attached hydrogens (primary N) is 1. The predicted molar refractivity (Wildman–Crippen MR) is 88.2 cm³/mol. The first-order chi connectivity index (χ1) is 10.2. The van der Waals surface area contributed by atoms with Crippen molar-refractivity contribution in [1.29, 1.82) is 0 Å². The van der Waals surface area contributed by atoms with Gasteiger partial charge in [-0.25, -0.2) is 0 Å². The van der Waals surface area contributed by atoms with Gasteiger partial charge in [-0.2, -0.15) is 0 Å². The number of hydrogen-bond donors (Lipinski definition) is 2. The van der Waals surface area contributed by atoms with Crippen LogP contribution in [0.2, 0.25) is 0 Å². The summed E-state index contributed by atoms with van der Waals surface area (Å²) in [5.74, 6) is 1.35. The van der Waals surface area contributed by atoms with Gasteiger partial charge in [-0.3, -0.25) is 4.79 Å². The Morgan fingerprint density at radius 1 is 1.18 bits per heavy atom. The molecule has 0 unspecified atom stereocenters. The Bertz CT molecular complexity index is 478.